The van der Waals surface area contributed by atoms with Crippen molar-refractivity contribution in [2.24, 2.45) is 0 Å². The van der Waals surface area contributed by atoms with Gasteiger partial charge in [0.1, 0.15) is 0 Å². The third-order valence-corrected chi connectivity index (χ3v) is 5.77. The predicted molar refractivity (Wildman–Crippen MR) is 116 cm³/mol. The van der Waals surface area contributed by atoms with Crippen molar-refractivity contribution in [2.45, 2.75) is 18.2 Å². The van der Waals surface area contributed by atoms with Crippen LogP contribution in [-0.2, 0) is 4.79 Å². The van der Waals surface area contributed by atoms with Crippen LogP contribution in [0.5, 0.6) is 5.88 Å². The molecule has 9 heteroatoms. The summed E-state index contributed by atoms with van der Waals surface area (Å²) in [6.45, 7) is 1.50. The number of fused-ring (bicyclic) bond motifs is 3. The molecular formula is C21H20ClN5O2S. The Balaban J connectivity index is 2.02. The lowest BCUT2D eigenvalue weighted by molar-refractivity contribution is -0.764. The smallest absolute Gasteiger partial charge is 0.293 e. The molecule has 4 rings (SSSR count). The van der Waals surface area contributed by atoms with Crippen molar-refractivity contribution in [3.63, 3.8) is 0 Å². The van der Waals surface area contributed by atoms with E-state index >= 15 is 0 Å². The summed E-state index contributed by atoms with van der Waals surface area (Å²) in [5, 5.41) is 18.4. The molecule has 0 spiro atoms. The third kappa shape index (κ3) is 3.36. The molecule has 1 aliphatic heterocycles. The quantitative estimate of drug-likeness (QED) is 0.459. The van der Waals surface area contributed by atoms with Gasteiger partial charge in [-0.15, -0.1) is 0 Å². The minimum atomic E-state index is -0.621. The number of aromatic nitrogens is 3. The van der Waals surface area contributed by atoms with Gasteiger partial charge in [0, 0.05) is 42.4 Å². The number of carbonyl (C=O) groups excluding carboxylic acids is 1. The lowest BCUT2D eigenvalue weighted by atomic mass is 10.0. The van der Waals surface area contributed by atoms with Gasteiger partial charge in [-0.1, -0.05) is 28.0 Å². The van der Waals surface area contributed by atoms with E-state index in [0.29, 0.717) is 27.1 Å². The molecule has 0 aliphatic carbocycles. The Morgan fingerprint density at radius 3 is 2.53 bits per heavy atom. The predicted octanol–water partition coefficient (Wildman–Crippen LogP) is 2.86. The second-order valence-corrected chi connectivity index (χ2v) is 8.32. The van der Waals surface area contributed by atoms with E-state index in [0.717, 1.165) is 11.3 Å². The first-order valence-electron chi connectivity index (χ1n) is 9.23. The van der Waals surface area contributed by atoms with E-state index in [1.54, 1.807) is 34.0 Å². The van der Waals surface area contributed by atoms with Crippen LogP contribution < -0.4 is 19.6 Å². The Kier molecular flexibility index (Phi) is 5.29. The largest absolute Gasteiger partial charge is 0.854 e. The summed E-state index contributed by atoms with van der Waals surface area (Å²) in [6.07, 6.45) is 1.18. The summed E-state index contributed by atoms with van der Waals surface area (Å²) in [4.78, 5) is 20.5. The number of halogens is 1. The number of hydrogen-bond acceptors (Lipinski definition) is 6. The normalized spacial score (nSPS) is 14.8. The number of nitrogens with zero attached hydrogens (tertiary/aromatic N) is 5. The fourth-order valence-corrected chi connectivity index (χ4v) is 4.15. The molecule has 0 fully saturated rings. The Morgan fingerprint density at radius 2 is 1.93 bits per heavy atom. The van der Waals surface area contributed by atoms with Gasteiger partial charge in [-0.25, -0.2) is 9.88 Å². The zero-order chi connectivity index (χ0) is 21.6. The fraction of sp³-hybridized carbons (Fsp3) is 0.238. The first-order chi connectivity index (χ1) is 14.3. The summed E-state index contributed by atoms with van der Waals surface area (Å²) >= 11 is 7.49. The Hall–Kier alpha value is -2.84. The number of amides is 1. The molecule has 0 saturated carbocycles. The van der Waals surface area contributed by atoms with E-state index in [9.17, 15) is 9.90 Å². The standard InChI is InChI=1S/C21H20ClN5O2S/c1-12(28)26-17-10-7-14(22)11-16(17)18-19(29)23-21(30-4)24-27(18)20(26)13-5-8-15(9-6-13)25(2)3/h5-11,20H,1-4H3. The van der Waals surface area contributed by atoms with Crippen molar-refractivity contribution in [2.75, 3.05) is 30.2 Å². The van der Waals surface area contributed by atoms with Crippen LogP contribution in [-0.4, -0.2) is 36.3 Å². The molecule has 1 amide bonds. The number of rotatable bonds is 3. The van der Waals surface area contributed by atoms with E-state index < -0.39 is 12.0 Å². The van der Waals surface area contributed by atoms with Crippen molar-refractivity contribution in [1.29, 1.82) is 0 Å². The third-order valence-electron chi connectivity index (χ3n) is 5.00. The van der Waals surface area contributed by atoms with Crippen molar-refractivity contribution in [3.8, 4) is 17.1 Å². The molecule has 1 aromatic heterocycles. The first-order valence-corrected chi connectivity index (χ1v) is 10.8. The highest BCUT2D eigenvalue weighted by atomic mass is 35.5. The fourth-order valence-electron chi connectivity index (χ4n) is 3.63. The number of carbonyl (C=O) groups is 1. The van der Waals surface area contributed by atoms with Crippen LogP contribution in [0.3, 0.4) is 0 Å². The lowest BCUT2D eigenvalue weighted by Gasteiger charge is -2.33. The van der Waals surface area contributed by atoms with Crippen LogP contribution in [0.4, 0.5) is 11.4 Å². The molecule has 2 heterocycles. The second kappa shape index (κ2) is 7.77. The molecule has 154 valence electrons. The monoisotopic (exact) mass is 441 g/mol. The topological polar surface area (TPSA) is 76.3 Å². The van der Waals surface area contributed by atoms with Crippen LogP contribution in [0, 0.1) is 0 Å². The summed E-state index contributed by atoms with van der Waals surface area (Å²) in [5.74, 6) is -0.578. The minimum Gasteiger partial charge on any atom is -0.854 e. The van der Waals surface area contributed by atoms with Gasteiger partial charge in [0.15, 0.2) is 0 Å². The molecular weight excluding hydrogens is 422 g/mol. The van der Waals surface area contributed by atoms with Gasteiger partial charge in [0.05, 0.1) is 17.1 Å². The van der Waals surface area contributed by atoms with Crippen LogP contribution in [0.1, 0.15) is 18.7 Å². The van der Waals surface area contributed by atoms with Gasteiger partial charge < -0.3 is 10.0 Å². The zero-order valence-corrected chi connectivity index (χ0v) is 18.5. The average molecular weight is 442 g/mol. The van der Waals surface area contributed by atoms with E-state index in [4.69, 9.17) is 11.6 Å². The lowest BCUT2D eigenvalue weighted by Crippen LogP contribution is -2.58. The van der Waals surface area contributed by atoms with Gasteiger partial charge in [0.25, 0.3) is 17.0 Å². The van der Waals surface area contributed by atoms with Crippen LogP contribution in [0.2, 0.25) is 5.02 Å². The maximum atomic E-state index is 13.0. The molecule has 30 heavy (non-hydrogen) atoms. The van der Waals surface area contributed by atoms with Crippen molar-refractivity contribution in [1.82, 2.24) is 10.1 Å². The molecule has 0 radical (unpaired) electrons. The second-order valence-electron chi connectivity index (χ2n) is 7.11. The van der Waals surface area contributed by atoms with E-state index in [-0.39, 0.29) is 5.91 Å². The number of thioether (sulfide) groups is 1. The van der Waals surface area contributed by atoms with Gasteiger partial charge in [-0.05, 0) is 48.7 Å². The SMILES string of the molecule is CSc1nc([O-])c2[n+](n1)C(c1ccc(N(C)C)cc1)N(C(C)=O)c1ccc(Cl)cc1-2. The van der Waals surface area contributed by atoms with Gasteiger partial charge in [-0.3, -0.25) is 4.79 Å². The van der Waals surface area contributed by atoms with E-state index in [1.807, 2.05) is 43.3 Å². The molecule has 0 bridgehead atoms. The van der Waals surface area contributed by atoms with Crippen molar-refractivity contribution >= 4 is 40.6 Å². The maximum absolute atomic E-state index is 13.0. The molecule has 1 unspecified atom stereocenters. The Bertz CT molecular complexity index is 1140. The van der Waals surface area contributed by atoms with Gasteiger partial charge >= 0.3 is 0 Å². The first kappa shape index (κ1) is 20.4. The van der Waals surface area contributed by atoms with Crippen LogP contribution in [0.15, 0.2) is 47.6 Å². The molecule has 2 aromatic carbocycles. The Labute approximate surface area is 183 Å². The molecule has 0 N–H and O–H groups in total. The average Bonchev–Trinajstić information content (AvgIpc) is 2.72. The highest BCUT2D eigenvalue weighted by Crippen LogP contribution is 2.42. The highest BCUT2D eigenvalue weighted by Gasteiger charge is 2.44. The van der Waals surface area contributed by atoms with Crippen LogP contribution in [0.25, 0.3) is 11.3 Å². The van der Waals surface area contributed by atoms with Crippen molar-refractivity contribution < 1.29 is 14.6 Å². The summed E-state index contributed by atoms with van der Waals surface area (Å²) < 4.78 is 1.59. The number of hydrogen-bond donors (Lipinski definition) is 0. The highest BCUT2D eigenvalue weighted by molar-refractivity contribution is 7.98. The van der Waals surface area contributed by atoms with Crippen LogP contribution >= 0.6 is 23.4 Å². The number of anilines is 2. The molecule has 0 saturated heterocycles. The van der Waals surface area contributed by atoms with Crippen molar-refractivity contribution in [3.05, 3.63) is 53.1 Å². The molecule has 7 nitrogen and oxygen atoms in total. The molecule has 1 aliphatic rings. The zero-order valence-electron chi connectivity index (χ0n) is 17.0. The van der Waals surface area contributed by atoms with Gasteiger partial charge in [0.2, 0.25) is 5.91 Å². The Morgan fingerprint density at radius 1 is 1.23 bits per heavy atom. The number of benzene rings is 2. The molecule has 3 aromatic rings. The summed E-state index contributed by atoms with van der Waals surface area (Å²) in [7, 11) is 3.92. The van der Waals surface area contributed by atoms with E-state index in [2.05, 4.69) is 10.1 Å². The summed E-state index contributed by atoms with van der Waals surface area (Å²) in [5.41, 5.74) is 3.30. The maximum Gasteiger partial charge on any atom is 0.293 e. The van der Waals surface area contributed by atoms with Gasteiger partial charge in [-0.2, -0.15) is 0 Å². The molecule has 1 atom stereocenters. The summed E-state index contributed by atoms with van der Waals surface area (Å²) in [6, 6.07) is 13.0. The minimum absolute atomic E-state index is 0.171. The van der Waals surface area contributed by atoms with E-state index in [1.165, 1.54) is 18.7 Å².